The number of rotatable bonds is 6. The summed E-state index contributed by atoms with van der Waals surface area (Å²) in [6.45, 7) is 4.91. The monoisotopic (exact) mass is 373 g/mol. The van der Waals surface area contributed by atoms with Gasteiger partial charge >= 0.3 is 0 Å². The van der Waals surface area contributed by atoms with Crippen LogP contribution in [0.3, 0.4) is 0 Å². The summed E-state index contributed by atoms with van der Waals surface area (Å²) in [5, 5.41) is 6.76. The SMILES string of the molecule is CCNC(=NCc1cccc(OC)n1)NC1CCN(C(=O)C2CCCC2)C1. The molecule has 0 aromatic carbocycles. The largest absolute Gasteiger partial charge is 0.481 e. The van der Waals surface area contributed by atoms with Gasteiger partial charge in [-0.3, -0.25) is 4.79 Å². The molecule has 0 radical (unpaired) electrons. The summed E-state index contributed by atoms with van der Waals surface area (Å²) in [6.07, 6.45) is 5.47. The molecule has 27 heavy (non-hydrogen) atoms. The lowest BCUT2D eigenvalue weighted by Gasteiger charge is -2.21. The second-order valence-electron chi connectivity index (χ2n) is 7.26. The fraction of sp³-hybridized carbons (Fsp3) is 0.650. The summed E-state index contributed by atoms with van der Waals surface area (Å²) < 4.78 is 5.16. The maximum Gasteiger partial charge on any atom is 0.225 e. The number of nitrogens with zero attached hydrogens (tertiary/aromatic N) is 3. The van der Waals surface area contributed by atoms with Crippen molar-refractivity contribution in [1.29, 1.82) is 0 Å². The summed E-state index contributed by atoms with van der Waals surface area (Å²) in [7, 11) is 1.61. The normalized spacial score (nSPS) is 20.7. The molecule has 2 N–H and O–H groups in total. The number of guanidine groups is 1. The maximum atomic E-state index is 12.6. The minimum Gasteiger partial charge on any atom is -0.481 e. The first-order valence-electron chi connectivity index (χ1n) is 10.0. The zero-order valence-corrected chi connectivity index (χ0v) is 16.4. The molecule has 1 aromatic heterocycles. The minimum atomic E-state index is 0.242. The van der Waals surface area contributed by atoms with Gasteiger partial charge in [0.25, 0.3) is 0 Å². The Balaban J connectivity index is 1.55. The number of methoxy groups -OCH3 is 1. The van der Waals surface area contributed by atoms with Crippen molar-refractivity contribution in [3.63, 3.8) is 0 Å². The van der Waals surface area contributed by atoms with Crippen LogP contribution in [0.25, 0.3) is 0 Å². The molecule has 1 unspecified atom stereocenters. The first-order valence-corrected chi connectivity index (χ1v) is 10.0. The van der Waals surface area contributed by atoms with Crippen LogP contribution in [0.5, 0.6) is 5.88 Å². The highest BCUT2D eigenvalue weighted by Gasteiger charge is 2.32. The highest BCUT2D eigenvalue weighted by Crippen LogP contribution is 2.27. The Hall–Kier alpha value is -2.31. The predicted molar refractivity (Wildman–Crippen MR) is 106 cm³/mol. The topological polar surface area (TPSA) is 78.9 Å². The number of carbonyl (C=O) groups is 1. The molecule has 2 aliphatic rings. The minimum absolute atomic E-state index is 0.242. The van der Waals surface area contributed by atoms with Crippen molar-refractivity contribution in [1.82, 2.24) is 20.5 Å². The van der Waals surface area contributed by atoms with Gasteiger partial charge < -0.3 is 20.3 Å². The van der Waals surface area contributed by atoms with Crippen molar-refractivity contribution < 1.29 is 9.53 Å². The van der Waals surface area contributed by atoms with Crippen LogP contribution in [0, 0.1) is 5.92 Å². The van der Waals surface area contributed by atoms with Crippen LogP contribution in [0.1, 0.15) is 44.7 Å². The lowest BCUT2D eigenvalue weighted by atomic mass is 10.1. The molecule has 3 rings (SSSR count). The van der Waals surface area contributed by atoms with Gasteiger partial charge in [0, 0.05) is 37.7 Å². The van der Waals surface area contributed by atoms with Crippen molar-refractivity contribution in [2.75, 3.05) is 26.7 Å². The van der Waals surface area contributed by atoms with Gasteiger partial charge in [0.05, 0.1) is 19.3 Å². The molecule has 1 amide bonds. The van der Waals surface area contributed by atoms with Crippen molar-refractivity contribution in [2.24, 2.45) is 10.9 Å². The smallest absolute Gasteiger partial charge is 0.225 e. The molecular formula is C20H31N5O2. The van der Waals surface area contributed by atoms with E-state index in [2.05, 4.69) is 20.6 Å². The molecule has 148 valence electrons. The quantitative estimate of drug-likeness (QED) is 0.588. The van der Waals surface area contributed by atoms with Gasteiger partial charge in [0.2, 0.25) is 11.8 Å². The molecule has 2 heterocycles. The first-order chi connectivity index (χ1) is 13.2. The number of amides is 1. The summed E-state index contributed by atoms with van der Waals surface area (Å²) in [5.74, 6) is 1.96. The summed E-state index contributed by atoms with van der Waals surface area (Å²) in [4.78, 5) is 23.7. The Kier molecular flexibility index (Phi) is 6.90. The van der Waals surface area contributed by atoms with E-state index in [4.69, 9.17) is 4.74 Å². The third-order valence-corrected chi connectivity index (χ3v) is 5.28. The Labute approximate surface area is 161 Å². The van der Waals surface area contributed by atoms with Gasteiger partial charge in [-0.2, -0.15) is 0 Å². The number of ether oxygens (including phenoxy) is 1. The zero-order valence-electron chi connectivity index (χ0n) is 16.4. The van der Waals surface area contributed by atoms with Crippen molar-refractivity contribution in [3.05, 3.63) is 23.9 Å². The van der Waals surface area contributed by atoms with Crippen LogP contribution >= 0.6 is 0 Å². The van der Waals surface area contributed by atoms with E-state index < -0.39 is 0 Å². The van der Waals surface area contributed by atoms with E-state index in [0.717, 1.165) is 50.6 Å². The highest BCUT2D eigenvalue weighted by molar-refractivity contribution is 5.81. The molecular weight excluding hydrogens is 342 g/mol. The molecule has 1 atom stereocenters. The summed E-state index contributed by atoms with van der Waals surface area (Å²) in [5.41, 5.74) is 0.857. The van der Waals surface area contributed by atoms with Gasteiger partial charge in [-0.05, 0) is 32.3 Å². The van der Waals surface area contributed by atoms with Gasteiger partial charge in [-0.25, -0.2) is 9.98 Å². The molecule has 1 aliphatic carbocycles. The first kappa shape index (κ1) is 19.5. The van der Waals surface area contributed by atoms with Crippen LogP contribution in [-0.2, 0) is 11.3 Å². The molecule has 1 saturated carbocycles. The molecule has 7 heteroatoms. The average molecular weight is 374 g/mol. The lowest BCUT2D eigenvalue weighted by molar-refractivity contribution is -0.134. The van der Waals surface area contributed by atoms with Crippen LogP contribution in [-0.4, -0.2) is 54.5 Å². The standard InChI is InChI=1S/C20H31N5O2/c1-3-21-20(22-13-16-9-6-10-18(23-16)27-2)24-17-11-12-25(14-17)19(26)15-7-4-5-8-15/h6,9-10,15,17H,3-5,7-8,11-14H2,1-2H3,(H2,21,22,24). The Morgan fingerprint density at radius 3 is 2.89 bits per heavy atom. The van der Waals surface area contributed by atoms with E-state index in [-0.39, 0.29) is 12.0 Å². The van der Waals surface area contributed by atoms with E-state index in [1.54, 1.807) is 7.11 Å². The van der Waals surface area contributed by atoms with Crippen LogP contribution in [0.4, 0.5) is 0 Å². The van der Waals surface area contributed by atoms with Crippen molar-refractivity contribution in [3.8, 4) is 5.88 Å². The summed E-state index contributed by atoms with van der Waals surface area (Å²) >= 11 is 0. The third kappa shape index (κ3) is 5.34. The molecule has 0 bridgehead atoms. The van der Waals surface area contributed by atoms with Crippen LogP contribution in [0.2, 0.25) is 0 Å². The molecule has 1 aliphatic heterocycles. The van der Waals surface area contributed by atoms with Crippen molar-refractivity contribution >= 4 is 11.9 Å². The van der Waals surface area contributed by atoms with E-state index in [0.29, 0.717) is 18.3 Å². The number of likely N-dealkylation sites (tertiary alicyclic amines) is 1. The number of hydrogen-bond donors (Lipinski definition) is 2. The number of aliphatic imine (C=N–C) groups is 1. The lowest BCUT2D eigenvalue weighted by Crippen LogP contribution is -2.45. The van der Waals surface area contributed by atoms with Gasteiger partial charge in [0.15, 0.2) is 5.96 Å². The average Bonchev–Trinajstić information content (AvgIpc) is 3.38. The fourth-order valence-corrected chi connectivity index (χ4v) is 3.84. The molecule has 1 saturated heterocycles. The van der Waals surface area contributed by atoms with Crippen LogP contribution < -0.4 is 15.4 Å². The highest BCUT2D eigenvalue weighted by atomic mass is 16.5. The molecule has 2 fully saturated rings. The Morgan fingerprint density at radius 1 is 1.33 bits per heavy atom. The third-order valence-electron chi connectivity index (χ3n) is 5.28. The van der Waals surface area contributed by atoms with Gasteiger partial charge in [-0.15, -0.1) is 0 Å². The van der Waals surface area contributed by atoms with E-state index >= 15 is 0 Å². The van der Waals surface area contributed by atoms with E-state index in [1.807, 2.05) is 30.0 Å². The second-order valence-corrected chi connectivity index (χ2v) is 7.26. The summed E-state index contributed by atoms with van der Waals surface area (Å²) in [6, 6.07) is 5.92. The number of aromatic nitrogens is 1. The van der Waals surface area contributed by atoms with E-state index in [1.165, 1.54) is 12.8 Å². The Bertz CT molecular complexity index is 658. The zero-order chi connectivity index (χ0) is 19.1. The fourth-order valence-electron chi connectivity index (χ4n) is 3.84. The number of nitrogens with one attached hydrogen (secondary N) is 2. The predicted octanol–water partition coefficient (Wildman–Crippen LogP) is 1.94. The number of carbonyl (C=O) groups excluding carboxylic acids is 1. The number of hydrogen-bond acceptors (Lipinski definition) is 4. The second kappa shape index (κ2) is 9.58. The van der Waals surface area contributed by atoms with Crippen molar-refractivity contribution in [2.45, 2.75) is 51.6 Å². The maximum absolute atomic E-state index is 12.6. The molecule has 1 aromatic rings. The molecule has 0 spiro atoms. The van der Waals surface area contributed by atoms with E-state index in [9.17, 15) is 4.79 Å². The van der Waals surface area contributed by atoms with Gasteiger partial charge in [0.1, 0.15) is 0 Å². The number of pyridine rings is 1. The van der Waals surface area contributed by atoms with Gasteiger partial charge in [-0.1, -0.05) is 18.9 Å². The van der Waals surface area contributed by atoms with Crippen LogP contribution in [0.15, 0.2) is 23.2 Å². The molecule has 7 nitrogen and oxygen atoms in total. The Morgan fingerprint density at radius 2 is 2.15 bits per heavy atom.